The Hall–Kier alpha value is -1.55. The Morgan fingerprint density at radius 3 is 2.83 bits per heavy atom. The van der Waals surface area contributed by atoms with E-state index in [0.29, 0.717) is 0 Å². The van der Waals surface area contributed by atoms with Gasteiger partial charge in [-0.15, -0.1) is 0 Å². The summed E-state index contributed by atoms with van der Waals surface area (Å²) in [6.07, 6.45) is 2.73. The van der Waals surface area contributed by atoms with Crippen LogP contribution in [0.25, 0.3) is 0 Å². The number of nitrogen functional groups attached to an aromatic ring is 1. The number of benzene rings is 1. The van der Waals surface area contributed by atoms with Gasteiger partial charge < -0.3 is 10.6 Å². The third kappa shape index (κ3) is 3.23. The van der Waals surface area contributed by atoms with Gasteiger partial charge in [0, 0.05) is 36.4 Å². The zero-order valence-electron chi connectivity index (χ0n) is 10.3. The number of anilines is 2. The topological polar surface area (TPSA) is 42.2 Å². The zero-order chi connectivity index (χ0) is 13.0. The van der Waals surface area contributed by atoms with Crippen LogP contribution in [0.4, 0.5) is 11.4 Å². The highest BCUT2D eigenvalue weighted by atomic mass is 79.9. The van der Waals surface area contributed by atoms with Gasteiger partial charge in [-0.3, -0.25) is 4.98 Å². The van der Waals surface area contributed by atoms with E-state index >= 15 is 0 Å². The van der Waals surface area contributed by atoms with Crippen molar-refractivity contribution in [1.82, 2.24) is 4.98 Å². The summed E-state index contributed by atoms with van der Waals surface area (Å²) >= 11 is 3.47. The molecule has 18 heavy (non-hydrogen) atoms. The summed E-state index contributed by atoms with van der Waals surface area (Å²) in [7, 11) is 2.04. The summed E-state index contributed by atoms with van der Waals surface area (Å²) in [6, 6.07) is 11.9. The van der Waals surface area contributed by atoms with Crippen molar-refractivity contribution in [3.8, 4) is 0 Å². The van der Waals surface area contributed by atoms with Crippen LogP contribution in [0.1, 0.15) is 5.69 Å². The Balaban J connectivity index is 2.03. The fourth-order valence-electron chi connectivity index (χ4n) is 1.80. The van der Waals surface area contributed by atoms with Gasteiger partial charge in [0.05, 0.1) is 11.4 Å². The van der Waals surface area contributed by atoms with Gasteiger partial charge in [-0.2, -0.15) is 0 Å². The molecule has 0 unspecified atom stereocenters. The van der Waals surface area contributed by atoms with Gasteiger partial charge in [0.15, 0.2) is 0 Å². The summed E-state index contributed by atoms with van der Waals surface area (Å²) in [5.74, 6) is 0. The van der Waals surface area contributed by atoms with E-state index in [0.717, 1.165) is 34.5 Å². The molecule has 0 aliphatic rings. The van der Waals surface area contributed by atoms with E-state index in [9.17, 15) is 0 Å². The van der Waals surface area contributed by atoms with Crippen molar-refractivity contribution < 1.29 is 0 Å². The van der Waals surface area contributed by atoms with Crippen LogP contribution in [-0.2, 0) is 6.42 Å². The third-order valence-electron chi connectivity index (χ3n) is 2.83. The molecule has 3 nitrogen and oxygen atoms in total. The lowest BCUT2D eigenvalue weighted by Crippen LogP contribution is -2.21. The minimum absolute atomic E-state index is 0.793. The van der Waals surface area contributed by atoms with E-state index in [1.165, 1.54) is 0 Å². The second-order valence-corrected chi connectivity index (χ2v) is 5.11. The highest BCUT2D eigenvalue weighted by Gasteiger charge is 2.06. The summed E-state index contributed by atoms with van der Waals surface area (Å²) in [6.45, 7) is 0.887. The summed E-state index contributed by atoms with van der Waals surface area (Å²) in [5, 5.41) is 0. The molecule has 1 aromatic carbocycles. The maximum absolute atomic E-state index is 5.98. The number of halogens is 1. The number of nitrogens with two attached hydrogens (primary N) is 1. The first-order valence-electron chi connectivity index (χ1n) is 5.83. The SMILES string of the molecule is CN(CCc1ccccn1)c1cc(Br)ccc1N. The fraction of sp³-hybridized carbons (Fsp3) is 0.214. The third-order valence-corrected chi connectivity index (χ3v) is 3.33. The number of nitrogens with zero attached hydrogens (tertiary/aromatic N) is 2. The van der Waals surface area contributed by atoms with Gasteiger partial charge in [0.1, 0.15) is 0 Å². The van der Waals surface area contributed by atoms with Gasteiger partial charge in [0.2, 0.25) is 0 Å². The first-order valence-corrected chi connectivity index (χ1v) is 6.62. The van der Waals surface area contributed by atoms with Gasteiger partial charge in [0.25, 0.3) is 0 Å². The molecule has 94 valence electrons. The van der Waals surface area contributed by atoms with Crippen LogP contribution in [0.3, 0.4) is 0 Å². The number of aromatic nitrogens is 1. The second kappa shape index (κ2) is 5.87. The quantitative estimate of drug-likeness (QED) is 0.883. The van der Waals surface area contributed by atoms with Crippen molar-refractivity contribution in [2.75, 3.05) is 24.2 Å². The van der Waals surface area contributed by atoms with E-state index in [1.54, 1.807) is 0 Å². The van der Waals surface area contributed by atoms with Crippen LogP contribution in [0.2, 0.25) is 0 Å². The van der Waals surface area contributed by atoms with Crippen LogP contribution in [0.15, 0.2) is 47.1 Å². The fourth-order valence-corrected chi connectivity index (χ4v) is 2.15. The van der Waals surface area contributed by atoms with Crippen LogP contribution in [0, 0.1) is 0 Å². The van der Waals surface area contributed by atoms with E-state index in [4.69, 9.17) is 5.73 Å². The van der Waals surface area contributed by atoms with Gasteiger partial charge >= 0.3 is 0 Å². The molecule has 1 heterocycles. The highest BCUT2D eigenvalue weighted by molar-refractivity contribution is 9.10. The maximum Gasteiger partial charge on any atom is 0.0608 e. The molecule has 0 amide bonds. The Labute approximate surface area is 116 Å². The van der Waals surface area contributed by atoms with Crippen molar-refractivity contribution >= 4 is 27.3 Å². The summed E-state index contributed by atoms with van der Waals surface area (Å²) in [4.78, 5) is 6.46. The minimum atomic E-state index is 0.793. The summed E-state index contributed by atoms with van der Waals surface area (Å²) in [5.41, 5.74) is 8.91. The predicted octanol–water partition coefficient (Wildman–Crippen LogP) is 3.11. The van der Waals surface area contributed by atoms with Crippen molar-refractivity contribution in [2.45, 2.75) is 6.42 Å². The molecule has 0 fully saturated rings. The molecule has 0 saturated heterocycles. The lowest BCUT2D eigenvalue weighted by molar-refractivity contribution is 0.853. The Kier molecular flexibility index (Phi) is 4.20. The lowest BCUT2D eigenvalue weighted by atomic mass is 10.2. The van der Waals surface area contributed by atoms with E-state index in [1.807, 2.05) is 49.6 Å². The van der Waals surface area contributed by atoms with E-state index in [2.05, 4.69) is 25.8 Å². The van der Waals surface area contributed by atoms with Crippen LogP contribution in [0.5, 0.6) is 0 Å². The standard InChI is InChI=1S/C14H16BrN3/c1-18(9-7-12-4-2-3-8-17-12)14-10-11(15)5-6-13(14)16/h2-6,8,10H,7,9,16H2,1H3. The lowest BCUT2D eigenvalue weighted by Gasteiger charge is -2.21. The molecule has 0 bridgehead atoms. The van der Waals surface area contributed by atoms with E-state index < -0.39 is 0 Å². The monoisotopic (exact) mass is 305 g/mol. The van der Waals surface area contributed by atoms with Crippen molar-refractivity contribution in [1.29, 1.82) is 0 Å². The first-order chi connectivity index (χ1) is 8.66. The highest BCUT2D eigenvalue weighted by Crippen LogP contribution is 2.26. The smallest absolute Gasteiger partial charge is 0.0608 e. The average Bonchev–Trinajstić information content (AvgIpc) is 2.40. The molecule has 0 radical (unpaired) electrons. The molecule has 2 rings (SSSR count). The molecule has 0 aliphatic heterocycles. The van der Waals surface area contributed by atoms with Gasteiger partial charge in [-0.25, -0.2) is 0 Å². The molecule has 0 spiro atoms. The number of hydrogen-bond donors (Lipinski definition) is 1. The van der Waals surface area contributed by atoms with Gasteiger partial charge in [-0.05, 0) is 30.3 Å². The maximum atomic E-state index is 5.98. The van der Waals surface area contributed by atoms with Crippen LogP contribution >= 0.6 is 15.9 Å². The molecular weight excluding hydrogens is 290 g/mol. The number of hydrogen-bond acceptors (Lipinski definition) is 3. The largest absolute Gasteiger partial charge is 0.397 e. The Morgan fingerprint density at radius 2 is 2.11 bits per heavy atom. The number of rotatable bonds is 4. The van der Waals surface area contributed by atoms with Crippen molar-refractivity contribution in [2.24, 2.45) is 0 Å². The molecule has 4 heteroatoms. The molecular formula is C14H16BrN3. The van der Waals surface area contributed by atoms with Crippen LogP contribution < -0.4 is 10.6 Å². The molecule has 0 atom stereocenters. The summed E-state index contributed by atoms with van der Waals surface area (Å²) < 4.78 is 1.04. The first kappa shape index (κ1) is 12.9. The molecule has 2 aromatic rings. The molecule has 0 saturated carbocycles. The molecule has 2 N–H and O–H groups in total. The number of pyridine rings is 1. The number of likely N-dealkylation sites (N-methyl/N-ethyl adjacent to an activating group) is 1. The van der Waals surface area contributed by atoms with Crippen molar-refractivity contribution in [3.05, 3.63) is 52.8 Å². The average molecular weight is 306 g/mol. The second-order valence-electron chi connectivity index (χ2n) is 4.20. The Bertz CT molecular complexity index is 514. The Morgan fingerprint density at radius 1 is 1.28 bits per heavy atom. The van der Waals surface area contributed by atoms with E-state index in [-0.39, 0.29) is 0 Å². The van der Waals surface area contributed by atoms with Gasteiger partial charge in [-0.1, -0.05) is 22.0 Å². The van der Waals surface area contributed by atoms with Crippen molar-refractivity contribution in [3.63, 3.8) is 0 Å². The zero-order valence-corrected chi connectivity index (χ0v) is 11.9. The molecule has 0 aliphatic carbocycles. The normalized spacial score (nSPS) is 10.3. The minimum Gasteiger partial charge on any atom is -0.397 e. The molecule has 1 aromatic heterocycles. The van der Waals surface area contributed by atoms with Crippen LogP contribution in [-0.4, -0.2) is 18.6 Å². The predicted molar refractivity (Wildman–Crippen MR) is 79.8 cm³/mol.